The van der Waals surface area contributed by atoms with Crippen molar-refractivity contribution in [2.75, 3.05) is 29.4 Å². The molecule has 2 aromatic carbocycles. The van der Waals surface area contributed by atoms with Crippen molar-refractivity contribution in [3.8, 4) is 0 Å². The first-order chi connectivity index (χ1) is 13.7. The van der Waals surface area contributed by atoms with E-state index in [1.807, 2.05) is 29.2 Å². The number of hydrogen-bond donors (Lipinski definition) is 0. The van der Waals surface area contributed by atoms with Crippen LogP contribution in [0.5, 0.6) is 0 Å². The maximum absolute atomic E-state index is 14.0. The van der Waals surface area contributed by atoms with Crippen molar-refractivity contribution in [1.82, 2.24) is 9.97 Å². The van der Waals surface area contributed by atoms with Crippen LogP contribution < -0.4 is 9.80 Å². The number of benzene rings is 2. The smallest absolute Gasteiger partial charge is 0.230 e. The van der Waals surface area contributed by atoms with E-state index < -0.39 is 0 Å². The Kier molecular flexibility index (Phi) is 4.19. The molecule has 0 unspecified atom stereocenters. The normalized spacial score (nSPS) is 17.2. The Morgan fingerprint density at radius 3 is 2.68 bits per heavy atom. The molecule has 0 atom stereocenters. The molecule has 2 aliphatic rings. The number of para-hydroxylation sites is 2. The van der Waals surface area contributed by atoms with Gasteiger partial charge in [0.1, 0.15) is 23.5 Å². The summed E-state index contributed by atoms with van der Waals surface area (Å²) in [5, 5.41) is 0.723. The van der Waals surface area contributed by atoms with Crippen molar-refractivity contribution in [3.05, 3.63) is 60.2 Å². The lowest BCUT2D eigenvalue weighted by Gasteiger charge is -2.34. The van der Waals surface area contributed by atoms with Crippen LogP contribution in [0.4, 0.5) is 15.9 Å². The number of piperidine rings is 1. The van der Waals surface area contributed by atoms with E-state index in [0.717, 1.165) is 55.8 Å². The van der Waals surface area contributed by atoms with Gasteiger partial charge in [-0.05, 0) is 43.0 Å². The van der Waals surface area contributed by atoms with E-state index in [4.69, 9.17) is 0 Å². The lowest BCUT2D eigenvalue weighted by molar-refractivity contribution is -0.122. The van der Waals surface area contributed by atoms with Gasteiger partial charge in [-0.25, -0.2) is 14.4 Å². The van der Waals surface area contributed by atoms with Gasteiger partial charge in [0.05, 0.1) is 0 Å². The summed E-state index contributed by atoms with van der Waals surface area (Å²) in [6, 6.07) is 13.1. The predicted molar refractivity (Wildman–Crippen MR) is 107 cm³/mol. The van der Waals surface area contributed by atoms with E-state index in [1.165, 1.54) is 18.0 Å². The summed E-state index contributed by atoms with van der Waals surface area (Å²) in [6.07, 6.45) is 3.90. The second kappa shape index (κ2) is 6.86. The molecule has 1 saturated heterocycles. The summed E-state index contributed by atoms with van der Waals surface area (Å²) in [6.45, 7) is 2.23. The molecule has 2 aliphatic heterocycles. The molecular formula is C22H21FN4O. The molecule has 1 amide bonds. The molecule has 1 aromatic heterocycles. The lowest BCUT2D eigenvalue weighted by Crippen LogP contribution is -2.42. The highest BCUT2D eigenvalue weighted by molar-refractivity contribution is 5.97. The van der Waals surface area contributed by atoms with Crippen LogP contribution in [0.25, 0.3) is 10.9 Å². The van der Waals surface area contributed by atoms with Gasteiger partial charge in [0.2, 0.25) is 5.91 Å². The van der Waals surface area contributed by atoms with Gasteiger partial charge in [0.15, 0.2) is 0 Å². The van der Waals surface area contributed by atoms with Gasteiger partial charge in [-0.2, -0.15) is 0 Å². The molecule has 6 heteroatoms. The second-order valence-corrected chi connectivity index (χ2v) is 7.46. The molecule has 3 aromatic rings. The molecule has 0 bridgehead atoms. The number of amides is 1. The summed E-state index contributed by atoms with van der Waals surface area (Å²) in [5.41, 5.74) is 2.66. The average Bonchev–Trinajstić information content (AvgIpc) is 3.18. The zero-order valence-corrected chi connectivity index (χ0v) is 15.5. The van der Waals surface area contributed by atoms with E-state index in [1.54, 1.807) is 6.07 Å². The van der Waals surface area contributed by atoms with E-state index in [0.29, 0.717) is 5.52 Å². The maximum Gasteiger partial charge on any atom is 0.230 e. The van der Waals surface area contributed by atoms with Gasteiger partial charge >= 0.3 is 0 Å². The Balaban J connectivity index is 1.32. The fourth-order valence-corrected chi connectivity index (χ4v) is 4.42. The van der Waals surface area contributed by atoms with Crippen LogP contribution in [0.2, 0.25) is 0 Å². The predicted octanol–water partition coefficient (Wildman–Crippen LogP) is 3.57. The Labute approximate surface area is 162 Å². The Bertz CT molecular complexity index is 1050. The van der Waals surface area contributed by atoms with Crippen molar-refractivity contribution in [3.63, 3.8) is 0 Å². The molecule has 5 rings (SSSR count). The van der Waals surface area contributed by atoms with Gasteiger partial charge in [-0.1, -0.05) is 24.3 Å². The minimum Gasteiger partial charge on any atom is -0.356 e. The average molecular weight is 376 g/mol. The highest BCUT2D eigenvalue weighted by atomic mass is 19.1. The summed E-state index contributed by atoms with van der Waals surface area (Å²) >= 11 is 0. The topological polar surface area (TPSA) is 49.3 Å². The Morgan fingerprint density at radius 1 is 1.00 bits per heavy atom. The Hall–Kier alpha value is -3.02. The first-order valence-corrected chi connectivity index (χ1v) is 9.76. The monoisotopic (exact) mass is 376 g/mol. The largest absolute Gasteiger partial charge is 0.356 e. The number of rotatable bonds is 2. The SMILES string of the molecule is O=C(C1CCN(c2ncnc3c(F)cccc23)CC1)N1CCc2ccccc21. The highest BCUT2D eigenvalue weighted by Gasteiger charge is 2.32. The molecule has 1 fully saturated rings. The van der Waals surface area contributed by atoms with E-state index in [9.17, 15) is 9.18 Å². The fraction of sp³-hybridized carbons (Fsp3) is 0.318. The zero-order chi connectivity index (χ0) is 19.1. The molecule has 3 heterocycles. The third-order valence-electron chi connectivity index (χ3n) is 5.89. The number of carbonyl (C=O) groups excluding carboxylic acids is 1. The fourth-order valence-electron chi connectivity index (χ4n) is 4.42. The standard InChI is InChI=1S/C22H21FN4O/c23-18-6-3-5-17-20(18)24-14-25-21(17)26-11-8-16(9-12-26)22(28)27-13-10-15-4-1-2-7-19(15)27/h1-7,14,16H,8-13H2. The van der Waals surface area contributed by atoms with Gasteiger partial charge in [0, 0.05) is 36.6 Å². The van der Waals surface area contributed by atoms with Crippen LogP contribution in [-0.4, -0.2) is 35.5 Å². The molecular weight excluding hydrogens is 355 g/mol. The number of halogens is 1. The summed E-state index contributed by atoms with van der Waals surface area (Å²) < 4.78 is 14.0. The second-order valence-electron chi connectivity index (χ2n) is 7.46. The van der Waals surface area contributed by atoms with Crippen molar-refractivity contribution in [1.29, 1.82) is 0 Å². The van der Waals surface area contributed by atoms with Crippen molar-refractivity contribution < 1.29 is 9.18 Å². The quantitative estimate of drug-likeness (QED) is 0.686. The lowest BCUT2D eigenvalue weighted by atomic mass is 9.95. The van der Waals surface area contributed by atoms with E-state index in [-0.39, 0.29) is 17.6 Å². The van der Waals surface area contributed by atoms with Gasteiger partial charge in [0.25, 0.3) is 0 Å². The summed E-state index contributed by atoms with van der Waals surface area (Å²) in [5.74, 6) is 0.663. The van der Waals surface area contributed by atoms with Crippen molar-refractivity contribution in [2.24, 2.45) is 5.92 Å². The van der Waals surface area contributed by atoms with Crippen LogP contribution in [0.3, 0.4) is 0 Å². The number of carbonyl (C=O) groups is 1. The molecule has 5 nitrogen and oxygen atoms in total. The third kappa shape index (κ3) is 2.80. The van der Waals surface area contributed by atoms with Gasteiger partial charge in [-0.3, -0.25) is 4.79 Å². The van der Waals surface area contributed by atoms with Crippen molar-refractivity contribution >= 4 is 28.3 Å². The van der Waals surface area contributed by atoms with Crippen LogP contribution in [0, 0.1) is 11.7 Å². The first-order valence-electron chi connectivity index (χ1n) is 9.76. The van der Waals surface area contributed by atoms with E-state index in [2.05, 4.69) is 20.9 Å². The number of fused-ring (bicyclic) bond motifs is 2. The molecule has 28 heavy (non-hydrogen) atoms. The minimum atomic E-state index is -0.334. The number of nitrogens with zero attached hydrogens (tertiary/aromatic N) is 4. The first kappa shape index (κ1) is 17.1. The summed E-state index contributed by atoms with van der Waals surface area (Å²) in [4.78, 5) is 25.7. The molecule has 0 radical (unpaired) electrons. The van der Waals surface area contributed by atoms with Gasteiger partial charge < -0.3 is 9.80 Å². The molecule has 142 valence electrons. The zero-order valence-electron chi connectivity index (χ0n) is 15.5. The van der Waals surface area contributed by atoms with Crippen LogP contribution in [0.1, 0.15) is 18.4 Å². The van der Waals surface area contributed by atoms with E-state index >= 15 is 0 Å². The summed E-state index contributed by atoms with van der Waals surface area (Å²) in [7, 11) is 0. The Morgan fingerprint density at radius 2 is 1.82 bits per heavy atom. The van der Waals surface area contributed by atoms with Crippen molar-refractivity contribution in [2.45, 2.75) is 19.3 Å². The number of aromatic nitrogens is 2. The maximum atomic E-state index is 14.0. The molecule has 0 saturated carbocycles. The van der Waals surface area contributed by atoms with Crippen LogP contribution in [0.15, 0.2) is 48.8 Å². The third-order valence-corrected chi connectivity index (χ3v) is 5.89. The minimum absolute atomic E-state index is 0.0206. The molecule has 0 aliphatic carbocycles. The molecule has 0 N–H and O–H groups in total. The number of hydrogen-bond acceptors (Lipinski definition) is 4. The number of anilines is 2. The molecule has 0 spiro atoms. The highest BCUT2D eigenvalue weighted by Crippen LogP contribution is 2.33. The van der Waals surface area contributed by atoms with Crippen LogP contribution in [-0.2, 0) is 11.2 Å². The van der Waals surface area contributed by atoms with Crippen LogP contribution >= 0.6 is 0 Å². The van der Waals surface area contributed by atoms with Gasteiger partial charge in [-0.15, -0.1) is 0 Å².